The molecule has 0 fully saturated rings. The fourth-order valence-corrected chi connectivity index (χ4v) is 6.87. The summed E-state index contributed by atoms with van der Waals surface area (Å²) in [5.74, 6) is 2.52. The molecule has 0 amide bonds. The van der Waals surface area contributed by atoms with Crippen LogP contribution in [0.25, 0.3) is 23.1 Å². The fraction of sp³-hybridized carbons (Fsp3) is 0.152. The van der Waals surface area contributed by atoms with E-state index in [1.54, 1.807) is 20.3 Å². The highest BCUT2D eigenvalue weighted by molar-refractivity contribution is 7.07. The molecule has 0 saturated carbocycles. The van der Waals surface area contributed by atoms with Gasteiger partial charge in [0.05, 0.1) is 30.5 Å². The van der Waals surface area contributed by atoms with Gasteiger partial charge in [0, 0.05) is 22.2 Å². The van der Waals surface area contributed by atoms with Crippen molar-refractivity contribution in [3.8, 4) is 22.8 Å². The van der Waals surface area contributed by atoms with E-state index in [1.165, 1.54) is 16.9 Å². The molecule has 0 saturated heterocycles. The normalized spacial score (nSPS) is 16.1. The molecule has 1 aliphatic heterocycles. The molecule has 8 heteroatoms. The average Bonchev–Trinajstić information content (AvgIpc) is 3.60. The summed E-state index contributed by atoms with van der Waals surface area (Å²) in [6, 6.07) is 25.1. The number of ether oxygens (including phenoxy) is 2. The Morgan fingerprint density at radius 1 is 0.976 bits per heavy atom. The van der Waals surface area contributed by atoms with Crippen molar-refractivity contribution < 1.29 is 13.9 Å². The van der Waals surface area contributed by atoms with Gasteiger partial charge < -0.3 is 13.9 Å². The Bertz CT molecular complexity index is 2030. The van der Waals surface area contributed by atoms with Crippen LogP contribution in [0.3, 0.4) is 0 Å². The Morgan fingerprint density at radius 3 is 2.66 bits per heavy atom. The minimum absolute atomic E-state index is 0.111. The first-order valence-corrected chi connectivity index (χ1v) is 14.4. The lowest BCUT2D eigenvalue weighted by molar-refractivity contribution is 0.354. The molecule has 6 nitrogen and oxygen atoms in total. The van der Waals surface area contributed by atoms with Crippen molar-refractivity contribution in [2.75, 3.05) is 14.2 Å². The van der Waals surface area contributed by atoms with Gasteiger partial charge in [-0.2, -0.15) is 0 Å². The standard InChI is InChI=1S/C33H25ClN2O4S/c1-38-27-14-11-21(17-28(27)39-2)31-25-13-10-19-6-3-4-9-24(19)30(25)35-33-36(31)32(37)29(41-33)18-23-12-15-26(40-23)20-7-5-8-22(34)16-20/h3-9,11-12,14-18,31H,10,13H2,1-2H3/b29-18+. The zero-order valence-electron chi connectivity index (χ0n) is 22.4. The topological polar surface area (TPSA) is 66.0 Å². The van der Waals surface area contributed by atoms with Gasteiger partial charge in [-0.1, -0.05) is 65.4 Å². The highest BCUT2D eigenvalue weighted by Gasteiger charge is 2.33. The monoisotopic (exact) mass is 580 g/mol. The Morgan fingerprint density at radius 2 is 1.83 bits per heavy atom. The largest absolute Gasteiger partial charge is 0.493 e. The van der Waals surface area contributed by atoms with Crippen molar-refractivity contribution in [1.29, 1.82) is 0 Å². The number of allylic oxidation sites excluding steroid dienone is 1. The molecule has 0 N–H and O–H groups in total. The number of methoxy groups -OCH3 is 2. The lowest BCUT2D eigenvalue weighted by atomic mass is 9.83. The number of aryl methyl sites for hydroxylation is 1. The van der Waals surface area contributed by atoms with E-state index in [0.717, 1.165) is 40.8 Å². The van der Waals surface area contributed by atoms with Crippen molar-refractivity contribution in [3.05, 3.63) is 132 Å². The summed E-state index contributed by atoms with van der Waals surface area (Å²) in [6.45, 7) is 0. The quantitative estimate of drug-likeness (QED) is 0.246. The molecule has 0 spiro atoms. The van der Waals surface area contributed by atoms with Crippen LogP contribution >= 0.6 is 22.9 Å². The smallest absolute Gasteiger partial charge is 0.271 e. The summed E-state index contributed by atoms with van der Waals surface area (Å²) in [5.41, 5.74) is 6.16. The third kappa shape index (κ3) is 4.42. The van der Waals surface area contributed by atoms with Crippen LogP contribution in [-0.2, 0) is 6.42 Å². The van der Waals surface area contributed by atoms with Gasteiger partial charge in [-0.3, -0.25) is 9.36 Å². The van der Waals surface area contributed by atoms with E-state index in [4.69, 9.17) is 30.5 Å². The Labute approximate surface area is 245 Å². The molecule has 2 aromatic heterocycles. The molecule has 0 radical (unpaired) electrons. The molecule has 2 aliphatic rings. The number of hydrogen-bond donors (Lipinski definition) is 0. The Kier molecular flexibility index (Phi) is 6.41. The number of benzene rings is 3. The maximum Gasteiger partial charge on any atom is 0.271 e. The van der Waals surface area contributed by atoms with Gasteiger partial charge in [0.1, 0.15) is 11.5 Å². The highest BCUT2D eigenvalue weighted by atomic mass is 35.5. The van der Waals surface area contributed by atoms with E-state index < -0.39 is 0 Å². The molecular formula is C33H25ClN2O4S. The predicted octanol–water partition coefficient (Wildman–Crippen LogP) is 6.25. The van der Waals surface area contributed by atoms with Crippen LogP contribution < -0.4 is 24.4 Å². The van der Waals surface area contributed by atoms with Crippen molar-refractivity contribution in [2.24, 2.45) is 4.99 Å². The summed E-state index contributed by atoms with van der Waals surface area (Å²) in [5, 5.41) is 0.634. The Hall–Kier alpha value is -4.33. The maximum atomic E-state index is 14.1. The van der Waals surface area contributed by atoms with Gasteiger partial charge in [0.2, 0.25) is 0 Å². The highest BCUT2D eigenvalue weighted by Crippen LogP contribution is 2.42. The SMILES string of the molecule is COc1ccc(C2C3=C(N=c4s/c(=C/c5ccc(-c6cccc(Cl)c6)o5)c(=O)n42)c2ccccc2CC3)cc1OC. The number of nitrogens with zero attached hydrogens (tertiary/aromatic N) is 2. The van der Waals surface area contributed by atoms with Gasteiger partial charge >= 0.3 is 0 Å². The zero-order chi connectivity index (χ0) is 28.1. The molecule has 41 heavy (non-hydrogen) atoms. The molecule has 3 aromatic carbocycles. The second kappa shape index (κ2) is 10.3. The van der Waals surface area contributed by atoms with Crippen LogP contribution in [0.2, 0.25) is 5.02 Å². The van der Waals surface area contributed by atoms with Crippen molar-refractivity contribution in [3.63, 3.8) is 0 Å². The van der Waals surface area contributed by atoms with Crippen LogP contribution in [-0.4, -0.2) is 18.8 Å². The third-order valence-electron chi connectivity index (χ3n) is 7.61. The predicted molar refractivity (Wildman–Crippen MR) is 161 cm³/mol. The molecule has 7 rings (SSSR count). The number of rotatable bonds is 5. The minimum Gasteiger partial charge on any atom is -0.493 e. The number of thiazole rings is 1. The third-order valence-corrected chi connectivity index (χ3v) is 8.82. The first-order chi connectivity index (χ1) is 20.0. The number of aromatic nitrogens is 1. The van der Waals surface area contributed by atoms with Gasteiger partial charge in [0.25, 0.3) is 5.56 Å². The molecule has 1 unspecified atom stereocenters. The van der Waals surface area contributed by atoms with E-state index in [9.17, 15) is 4.79 Å². The lowest BCUT2D eigenvalue weighted by Gasteiger charge is -2.31. The van der Waals surface area contributed by atoms with Gasteiger partial charge in [-0.15, -0.1) is 0 Å². The average molecular weight is 581 g/mol. The number of hydrogen-bond acceptors (Lipinski definition) is 6. The molecule has 0 bridgehead atoms. The van der Waals surface area contributed by atoms with Crippen molar-refractivity contribution >= 4 is 34.7 Å². The summed E-state index contributed by atoms with van der Waals surface area (Å²) in [6.07, 6.45) is 3.48. The van der Waals surface area contributed by atoms with E-state index in [-0.39, 0.29) is 11.6 Å². The summed E-state index contributed by atoms with van der Waals surface area (Å²) >= 11 is 7.54. The summed E-state index contributed by atoms with van der Waals surface area (Å²) in [4.78, 5) is 19.8. The van der Waals surface area contributed by atoms with E-state index in [0.29, 0.717) is 37.4 Å². The Balaban J connectivity index is 1.41. The zero-order valence-corrected chi connectivity index (χ0v) is 24.0. The van der Waals surface area contributed by atoms with Gasteiger partial charge in [-0.05, 0) is 65.9 Å². The van der Waals surface area contributed by atoms with Gasteiger partial charge in [-0.25, -0.2) is 4.99 Å². The number of halogens is 1. The van der Waals surface area contributed by atoms with Crippen molar-refractivity contribution in [2.45, 2.75) is 18.9 Å². The second-order valence-corrected chi connectivity index (χ2v) is 11.4. The first kappa shape index (κ1) is 25.6. The molecule has 1 atom stereocenters. The maximum absolute atomic E-state index is 14.1. The van der Waals surface area contributed by atoms with Crippen molar-refractivity contribution in [1.82, 2.24) is 4.57 Å². The fourth-order valence-electron chi connectivity index (χ4n) is 5.70. The molecule has 5 aromatic rings. The van der Waals surface area contributed by atoms with E-state index in [2.05, 4.69) is 18.2 Å². The van der Waals surface area contributed by atoms with Crippen LogP contribution in [0.1, 0.15) is 34.9 Å². The number of furan rings is 1. The number of fused-ring (bicyclic) bond motifs is 3. The summed E-state index contributed by atoms with van der Waals surface area (Å²) < 4.78 is 19.6. The minimum atomic E-state index is -0.324. The van der Waals surface area contributed by atoms with Gasteiger partial charge in [0.15, 0.2) is 16.3 Å². The lowest BCUT2D eigenvalue weighted by Crippen LogP contribution is -2.38. The van der Waals surface area contributed by atoms with E-state index in [1.807, 2.05) is 65.2 Å². The molecule has 3 heterocycles. The van der Waals surface area contributed by atoms with E-state index >= 15 is 0 Å². The summed E-state index contributed by atoms with van der Waals surface area (Å²) in [7, 11) is 3.24. The van der Waals surface area contributed by atoms with Crippen LogP contribution in [0, 0.1) is 0 Å². The second-order valence-electron chi connectivity index (χ2n) is 9.94. The van der Waals surface area contributed by atoms with Crippen LogP contribution in [0.15, 0.2) is 98.6 Å². The van der Waals surface area contributed by atoms with Crippen LogP contribution in [0.4, 0.5) is 0 Å². The molecule has 204 valence electrons. The van der Waals surface area contributed by atoms with Crippen LogP contribution in [0.5, 0.6) is 11.5 Å². The first-order valence-electron chi connectivity index (χ1n) is 13.2. The molecular weight excluding hydrogens is 556 g/mol. The molecule has 1 aliphatic carbocycles.